The van der Waals surface area contributed by atoms with Crippen LogP contribution in [0.4, 0.5) is 5.13 Å². The highest BCUT2D eigenvalue weighted by molar-refractivity contribution is 7.09. The molecular formula is C15H19N5OS. The summed E-state index contributed by atoms with van der Waals surface area (Å²) in [6.45, 7) is 6.10. The van der Waals surface area contributed by atoms with Gasteiger partial charge in [0.2, 0.25) is 5.13 Å². The molecule has 0 bridgehead atoms. The molecule has 1 N–H and O–H groups in total. The summed E-state index contributed by atoms with van der Waals surface area (Å²) in [6.07, 6.45) is 6.54. The Hall–Kier alpha value is -1.89. The first-order valence-corrected chi connectivity index (χ1v) is 8.15. The van der Waals surface area contributed by atoms with E-state index in [1.54, 1.807) is 12.4 Å². The van der Waals surface area contributed by atoms with Gasteiger partial charge in [0, 0.05) is 35.8 Å². The number of nitrogens with zero attached hydrogens (tertiary/aromatic N) is 4. The van der Waals surface area contributed by atoms with Crippen LogP contribution in [0.5, 0.6) is 0 Å². The van der Waals surface area contributed by atoms with Crippen molar-refractivity contribution in [2.75, 3.05) is 5.32 Å². The molecule has 3 rings (SSSR count). The van der Waals surface area contributed by atoms with Crippen LogP contribution in [-0.4, -0.2) is 25.2 Å². The lowest BCUT2D eigenvalue weighted by atomic mass is 9.96. The zero-order chi connectivity index (χ0) is 15.7. The number of aromatic nitrogens is 4. The third kappa shape index (κ3) is 3.65. The van der Waals surface area contributed by atoms with Gasteiger partial charge in [0.25, 0.3) is 5.91 Å². The van der Waals surface area contributed by atoms with E-state index in [1.807, 2.05) is 20.8 Å². The first kappa shape index (κ1) is 15.0. The van der Waals surface area contributed by atoms with Crippen molar-refractivity contribution >= 4 is 22.6 Å². The Morgan fingerprint density at radius 2 is 2.00 bits per heavy atom. The van der Waals surface area contributed by atoms with Crippen molar-refractivity contribution in [1.82, 2.24) is 19.3 Å². The average Bonchev–Trinajstić information content (AvgIpc) is 3.17. The molecule has 1 aliphatic carbocycles. The zero-order valence-electron chi connectivity index (χ0n) is 13.0. The Bertz CT molecular complexity index is 670. The van der Waals surface area contributed by atoms with Gasteiger partial charge >= 0.3 is 0 Å². The van der Waals surface area contributed by atoms with Gasteiger partial charge in [0.15, 0.2) is 0 Å². The lowest BCUT2D eigenvalue weighted by Crippen LogP contribution is -2.18. The zero-order valence-corrected chi connectivity index (χ0v) is 13.8. The van der Waals surface area contributed by atoms with Crippen LogP contribution >= 0.6 is 11.5 Å². The fourth-order valence-electron chi connectivity index (χ4n) is 1.97. The standard InChI is InChI=1S/C15H19N5OS/c1-15(2,3)13-16-7-10(8-17-13)12(21)19-14-18-11(20-22-14)6-9-4-5-9/h7-9H,4-6H2,1-3H3,(H,18,19,20,21). The molecular weight excluding hydrogens is 298 g/mol. The van der Waals surface area contributed by atoms with E-state index < -0.39 is 0 Å². The minimum absolute atomic E-state index is 0.133. The smallest absolute Gasteiger partial charge is 0.260 e. The van der Waals surface area contributed by atoms with E-state index in [1.165, 1.54) is 24.4 Å². The Morgan fingerprint density at radius 1 is 1.32 bits per heavy atom. The van der Waals surface area contributed by atoms with Crippen molar-refractivity contribution in [3.63, 3.8) is 0 Å². The quantitative estimate of drug-likeness (QED) is 0.938. The molecule has 6 nitrogen and oxygen atoms in total. The SMILES string of the molecule is CC(C)(C)c1ncc(C(=O)Nc2nc(CC3CC3)ns2)cn1. The highest BCUT2D eigenvalue weighted by atomic mass is 32.1. The molecule has 2 heterocycles. The van der Waals surface area contributed by atoms with E-state index in [0.29, 0.717) is 16.5 Å². The first-order valence-electron chi connectivity index (χ1n) is 7.38. The molecule has 0 aromatic carbocycles. The van der Waals surface area contributed by atoms with Crippen LogP contribution in [-0.2, 0) is 11.8 Å². The molecule has 0 unspecified atom stereocenters. The number of rotatable bonds is 4. The molecule has 1 amide bonds. The minimum Gasteiger partial charge on any atom is -0.296 e. The lowest BCUT2D eigenvalue weighted by Gasteiger charge is -2.15. The van der Waals surface area contributed by atoms with Crippen molar-refractivity contribution in [2.24, 2.45) is 5.92 Å². The van der Waals surface area contributed by atoms with E-state index in [2.05, 4.69) is 24.6 Å². The van der Waals surface area contributed by atoms with Crippen molar-refractivity contribution < 1.29 is 4.79 Å². The van der Waals surface area contributed by atoms with Crippen molar-refractivity contribution in [1.29, 1.82) is 0 Å². The Morgan fingerprint density at radius 3 is 2.59 bits per heavy atom. The maximum Gasteiger partial charge on any atom is 0.260 e. The predicted octanol–water partition coefficient (Wildman–Crippen LogP) is 2.83. The summed E-state index contributed by atoms with van der Waals surface area (Å²) < 4.78 is 4.27. The summed E-state index contributed by atoms with van der Waals surface area (Å²) in [6, 6.07) is 0. The molecule has 116 valence electrons. The molecule has 2 aromatic heterocycles. The number of amides is 1. The number of carbonyl (C=O) groups is 1. The fraction of sp³-hybridized carbons (Fsp3) is 0.533. The average molecular weight is 317 g/mol. The lowest BCUT2D eigenvalue weighted by molar-refractivity contribution is 0.102. The molecule has 0 saturated heterocycles. The monoisotopic (exact) mass is 317 g/mol. The number of hydrogen-bond acceptors (Lipinski definition) is 6. The fourth-order valence-corrected chi connectivity index (χ4v) is 2.56. The van der Waals surface area contributed by atoms with E-state index in [-0.39, 0.29) is 11.3 Å². The van der Waals surface area contributed by atoms with Crippen LogP contribution in [0.25, 0.3) is 0 Å². The summed E-state index contributed by atoms with van der Waals surface area (Å²) in [5.41, 5.74) is 0.290. The molecule has 22 heavy (non-hydrogen) atoms. The second-order valence-electron chi connectivity index (χ2n) is 6.66. The molecule has 1 saturated carbocycles. The normalized spacial score (nSPS) is 14.9. The van der Waals surface area contributed by atoms with Gasteiger partial charge in [-0.2, -0.15) is 4.37 Å². The number of nitrogens with one attached hydrogen (secondary N) is 1. The van der Waals surface area contributed by atoms with Crippen molar-refractivity contribution in [3.8, 4) is 0 Å². The summed E-state index contributed by atoms with van der Waals surface area (Å²) in [5, 5.41) is 3.28. The van der Waals surface area contributed by atoms with Crippen LogP contribution in [0, 0.1) is 5.92 Å². The maximum atomic E-state index is 12.2. The molecule has 7 heteroatoms. The number of anilines is 1. The second kappa shape index (κ2) is 5.72. The Balaban J connectivity index is 1.64. The van der Waals surface area contributed by atoms with Crippen LogP contribution in [0.15, 0.2) is 12.4 Å². The van der Waals surface area contributed by atoms with E-state index in [0.717, 1.165) is 18.2 Å². The first-order chi connectivity index (χ1) is 10.4. The molecule has 0 aliphatic heterocycles. The van der Waals surface area contributed by atoms with Crippen LogP contribution in [0.3, 0.4) is 0 Å². The molecule has 1 aliphatic rings. The maximum absolute atomic E-state index is 12.2. The Kier molecular flexibility index (Phi) is 3.90. The van der Waals surface area contributed by atoms with Gasteiger partial charge in [-0.3, -0.25) is 10.1 Å². The Labute approximate surface area is 133 Å². The van der Waals surface area contributed by atoms with E-state index in [9.17, 15) is 4.79 Å². The van der Waals surface area contributed by atoms with Crippen LogP contribution in [0.2, 0.25) is 0 Å². The molecule has 0 radical (unpaired) electrons. The van der Waals surface area contributed by atoms with Crippen molar-refractivity contribution in [2.45, 2.75) is 45.4 Å². The van der Waals surface area contributed by atoms with Gasteiger partial charge in [0.05, 0.1) is 5.56 Å². The van der Waals surface area contributed by atoms with Gasteiger partial charge in [-0.15, -0.1) is 0 Å². The van der Waals surface area contributed by atoms with Gasteiger partial charge in [-0.25, -0.2) is 15.0 Å². The third-order valence-corrected chi connectivity index (χ3v) is 4.11. The third-order valence-electron chi connectivity index (χ3n) is 3.44. The topological polar surface area (TPSA) is 80.7 Å². The highest BCUT2D eigenvalue weighted by Gasteiger charge is 2.24. The van der Waals surface area contributed by atoms with Gasteiger partial charge < -0.3 is 0 Å². The highest BCUT2D eigenvalue weighted by Crippen LogP contribution is 2.32. The van der Waals surface area contributed by atoms with Gasteiger partial charge in [-0.1, -0.05) is 20.8 Å². The summed E-state index contributed by atoms with van der Waals surface area (Å²) in [5.74, 6) is 2.01. The van der Waals surface area contributed by atoms with E-state index in [4.69, 9.17) is 0 Å². The summed E-state index contributed by atoms with van der Waals surface area (Å²) in [7, 11) is 0. The second-order valence-corrected chi connectivity index (χ2v) is 7.41. The molecule has 0 spiro atoms. The summed E-state index contributed by atoms with van der Waals surface area (Å²) in [4.78, 5) is 25.0. The number of hydrogen-bond donors (Lipinski definition) is 1. The molecule has 0 atom stereocenters. The summed E-state index contributed by atoms with van der Waals surface area (Å²) >= 11 is 1.22. The largest absolute Gasteiger partial charge is 0.296 e. The van der Waals surface area contributed by atoms with Crippen LogP contribution < -0.4 is 5.32 Å². The number of carbonyl (C=O) groups excluding carboxylic acids is 1. The van der Waals surface area contributed by atoms with Gasteiger partial charge in [0.1, 0.15) is 11.6 Å². The van der Waals surface area contributed by atoms with Gasteiger partial charge in [-0.05, 0) is 18.8 Å². The van der Waals surface area contributed by atoms with Crippen LogP contribution in [0.1, 0.15) is 55.6 Å². The minimum atomic E-state index is -0.255. The molecule has 1 fully saturated rings. The van der Waals surface area contributed by atoms with Crippen molar-refractivity contribution in [3.05, 3.63) is 29.6 Å². The predicted molar refractivity (Wildman–Crippen MR) is 85.0 cm³/mol. The van der Waals surface area contributed by atoms with E-state index >= 15 is 0 Å². The molecule has 2 aromatic rings.